The van der Waals surface area contributed by atoms with E-state index >= 15 is 0 Å². The summed E-state index contributed by atoms with van der Waals surface area (Å²) < 4.78 is 5.59. The Labute approximate surface area is 152 Å². The van der Waals surface area contributed by atoms with Crippen molar-refractivity contribution in [3.05, 3.63) is 78.2 Å². The van der Waals surface area contributed by atoms with Crippen molar-refractivity contribution in [3.63, 3.8) is 0 Å². The van der Waals surface area contributed by atoms with Crippen molar-refractivity contribution in [3.8, 4) is 5.75 Å². The maximum Gasteiger partial charge on any atom is 0.270 e. The van der Waals surface area contributed by atoms with E-state index in [1.807, 2.05) is 61.5 Å². The largest absolute Gasteiger partial charge is 0.492 e. The molecule has 2 N–H and O–H groups in total. The van der Waals surface area contributed by atoms with Gasteiger partial charge in [0.15, 0.2) is 0 Å². The molecule has 1 amide bonds. The SMILES string of the molecule is CCOc1ccccc1Nc1cc(C(=O)NCc2ccccc2)ncn1. The Bertz CT molecular complexity index is 868. The molecule has 0 aliphatic heterocycles. The Balaban J connectivity index is 1.69. The predicted octanol–water partition coefficient (Wildman–Crippen LogP) is 3.55. The Morgan fingerprint density at radius 3 is 2.62 bits per heavy atom. The van der Waals surface area contributed by atoms with Gasteiger partial charge in [-0.3, -0.25) is 4.79 Å². The van der Waals surface area contributed by atoms with Gasteiger partial charge in [0.2, 0.25) is 0 Å². The molecule has 0 atom stereocenters. The summed E-state index contributed by atoms with van der Waals surface area (Å²) in [6, 6.07) is 18.9. The van der Waals surface area contributed by atoms with Crippen LogP contribution in [0.25, 0.3) is 0 Å². The van der Waals surface area contributed by atoms with Crippen LogP contribution < -0.4 is 15.4 Å². The minimum atomic E-state index is -0.252. The summed E-state index contributed by atoms with van der Waals surface area (Å²) in [6.45, 7) is 2.94. The van der Waals surface area contributed by atoms with Crippen molar-refractivity contribution in [2.45, 2.75) is 13.5 Å². The van der Waals surface area contributed by atoms with Crippen LogP contribution in [-0.2, 0) is 6.54 Å². The average Bonchev–Trinajstić information content (AvgIpc) is 2.69. The summed E-state index contributed by atoms with van der Waals surface area (Å²) in [4.78, 5) is 20.6. The van der Waals surface area contributed by atoms with Gasteiger partial charge in [-0.2, -0.15) is 0 Å². The third-order valence-corrected chi connectivity index (χ3v) is 3.65. The van der Waals surface area contributed by atoms with Gasteiger partial charge in [-0.25, -0.2) is 9.97 Å². The van der Waals surface area contributed by atoms with Gasteiger partial charge in [-0.15, -0.1) is 0 Å². The third kappa shape index (κ3) is 4.57. The van der Waals surface area contributed by atoms with E-state index in [0.29, 0.717) is 24.7 Å². The van der Waals surface area contributed by atoms with Crippen molar-refractivity contribution in [1.82, 2.24) is 15.3 Å². The fraction of sp³-hybridized carbons (Fsp3) is 0.150. The van der Waals surface area contributed by atoms with Crippen molar-refractivity contribution < 1.29 is 9.53 Å². The Hall–Kier alpha value is -3.41. The third-order valence-electron chi connectivity index (χ3n) is 3.65. The highest BCUT2D eigenvalue weighted by Crippen LogP contribution is 2.26. The number of hydrogen-bond acceptors (Lipinski definition) is 5. The summed E-state index contributed by atoms with van der Waals surface area (Å²) in [5.74, 6) is 0.998. The standard InChI is InChI=1S/C20H20N4O2/c1-2-26-18-11-7-6-10-16(18)24-19-12-17(22-14-23-19)20(25)21-13-15-8-4-3-5-9-15/h3-12,14H,2,13H2,1H3,(H,21,25)(H,22,23,24). The number of rotatable bonds is 7. The summed E-state index contributed by atoms with van der Waals surface area (Å²) in [5.41, 5.74) is 2.11. The van der Waals surface area contributed by atoms with Gasteiger partial charge in [-0.1, -0.05) is 42.5 Å². The number of carbonyl (C=O) groups excluding carboxylic acids is 1. The summed E-state index contributed by atoms with van der Waals surface area (Å²) in [6.07, 6.45) is 1.36. The van der Waals surface area contributed by atoms with E-state index in [-0.39, 0.29) is 5.91 Å². The van der Waals surface area contributed by atoms with Crippen molar-refractivity contribution in [1.29, 1.82) is 0 Å². The minimum Gasteiger partial charge on any atom is -0.492 e. The lowest BCUT2D eigenvalue weighted by molar-refractivity contribution is 0.0946. The molecule has 26 heavy (non-hydrogen) atoms. The second kappa shape index (κ2) is 8.62. The number of ether oxygens (including phenoxy) is 1. The highest BCUT2D eigenvalue weighted by molar-refractivity contribution is 5.93. The van der Waals surface area contributed by atoms with Gasteiger partial charge in [-0.05, 0) is 24.6 Å². The molecule has 0 aliphatic carbocycles. The number of nitrogens with zero attached hydrogens (tertiary/aromatic N) is 2. The second-order valence-corrected chi connectivity index (χ2v) is 5.51. The van der Waals surface area contributed by atoms with Crippen LogP contribution in [0.3, 0.4) is 0 Å². The Kier molecular flexibility index (Phi) is 5.77. The Morgan fingerprint density at radius 2 is 1.81 bits per heavy atom. The lowest BCUT2D eigenvalue weighted by atomic mass is 10.2. The van der Waals surface area contributed by atoms with Crippen molar-refractivity contribution in [2.75, 3.05) is 11.9 Å². The quantitative estimate of drug-likeness (QED) is 0.683. The molecular weight excluding hydrogens is 328 g/mol. The number of nitrogens with one attached hydrogen (secondary N) is 2. The first-order chi connectivity index (χ1) is 12.8. The highest BCUT2D eigenvalue weighted by Gasteiger charge is 2.10. The molecule has 0 spiro atoms. The molecular formula is C20H20N4O2. The maximum atomic E-state index is 12.3. The van der Waals surface area contributed by atoms with Gasteiger partial charge < -0.3 is 15.4 Å². The van der Waals surface area contributed by atoms with Crippen molar-refractivity contribution >= 4 is 17.4 Å². The lowest BCUT2D eigenvalue weighted by Gasteiger charge is -2.12. The first kappa shape index (κ1) is 17.4. The lowest BCUT2D eigenvalue weighted by Crippen LogP contribution is -2.24. The summed E-state index contributed by atoms with van der Waals surface area (Å²) >= 11 is 0. The van der Waals surface area contributed by atoms with Crippen LogP contribution in [-0.4, -0.2) is 22.5 Å². The zero-order chi connectivity index (χ0) is 18.2. The summed E-state index contributed by atoms with van der Waals surface area (Å²) in [7, 11) is 0. The molecule has 1 heterocycles. The second-order valence-electron chi connectivity index (χ2n) is 5.51. The topological polar surface area (TPSA) is 76.1 Å². The molecule has 0 saturated carbocycles. The maximum absolute atomic E-state index is 12.3. The van der Waals surface area contributed by atoms with E-state index in [4.69, 9.17) is 4.74 Å². The molecule has 0 saturated heterocycles. The van der Waals surface area contributed by atoms with Crippen LogP contribution >= 0.6 is 0 Å². The molecule has 3 aromatic rings. The van der Waals surface area contributed by atoms with Crippen LogP contribution in [0, 0.1) is 0 Å². The van der Waals surface area contributed by atoms with Gasteiger partial charge >= 0.3 is 0 Å². The molecule has 1 aromatic heterocycles. The molecule has 2 aromatic carbocycles. The van der Waals surface area contributed by atoms with Gasteiger partial charge in [0, 0.05) is 12.6 Å². The number of para-hydroxylation sites is 2. The number of amides is 1. The fourth-order valence-corrected chi connectivity index (χ4v) is 2.41. The predicted molar refractivity (Wildman–Crippen MR) is 101 cm³/mol. The van der Waals surface area contributed by atoms with E-state index in [1.165, 1.54) is 6.33 Å². The normalized spacial score (nSPS) is 10.2. The van der Waals surface area contributed by atoms with E-state index in [1.54, 1.807) is 6.07 Å². The van der Waals surface area contributed by atoms with Gasteiger partial charge in [0.1, 0.15) is 23.6 Å². The molecule has 132 valence electrons. The minimum absolute atomic E-state index is 0.252. The van der Waals surface area contributed by atoms with Crippen LogP contribution in [0.5, 0.6) is 5.75 Å². The number of aromatic nitrogens is 2. The van der Waals surface area contributed by atoms with Crippen LogP contribution in [0.15, 0.2) is 67.0 Å². The molecule has 0 radical (unpaired) electrons. The zero-order valence-electron chi connectivity index (χ0n) is 14.5. The van der Waals surface area contributed by atoms with Gasteiger partial charge in [0.25, 0.3) is 5.91 Å². The number of carbonyl (C=O) groups is 1. The van der Waals surface area contributed by atoms with Gasteiger partial charge in [0.05, 0.1) is 12.3 Å². The zero-order valence-corrected chi connectivity index (χ0v) is 14.5. The molecule has 6 heteroatoms. The Morgan fingerprint density at radius 1 is 1.04 bits per heavy atom. The van der Waals surface area contributed by atoms with E-state index < -0.39 is 0 Å². The first-order valence-electron chi connectivity index (χ1n) is 8.39. The monoisotopic (exact) mass is 348 g/mol. The van der Waals surface area contributed by atoms with Crippen molar-refractivity contribution in [2.24, 2.45) is 0 Å². The molecule has 3 rings (SSSR count). The fourth-order valence-electron chi connectivity index (χ4n) is 2.41. The van der Waals surface area contributed by atoms with E-state index in [9.17, 15) is 4.79 Å². The first-order valence-corrected chi connectivity index (χ1v) is 8.39. The highest BCUT2D eigenvalue weighted by atomic mass is 16.5. The van der Waals surface area contributed by atoms with E-state index in [2.05, 4.69) is 20.6 Å². The molecule has 0 fully saturated rings. The smallest absolute Gasteiger partial charge is 0.270 e. The summed E-state index contributed by atoms with van der Waals surface area (Å²) in [5, 5.41) is 6.03. The van der Waals surface area contributed by atoms with Crippen LogP contribution in [0.1, 0.15) is 23.0 Å². The number of benzene rings is 2. The molecule has 0 bridgehead atoms. The average molecular weight is 348 g/mol. The van der Waals surface area contributed by atoms with Crippen LogP contribution in [0.2, 0.25) is 0 Å². The molecule has 0 unspecified atom stereocenters. The molecule has 0 aliphatic rings. The number of anilines is 2. The van der Waals surface area contributed by atoms with E-state index in [0.717, 1.165) is 17.0 Å². The molecule has 6 nitrogen and oxygen atoms in total. The van der Waals surface area contributed by atoms with Crippen LogP contribution in [0.4, 0.5) is 11.5 Å². The number of hydrogen-bond donors (Lipinski definition) is 2.